The Morgan fingerprint density at radius 2 is 1.90 bits per heavy atom. The molecule has 1 saturated heterocycles. The van der Waals surface area contributed by atoms with E-state index in [4.69, 9.17) is 16.3 Å². The van der Waals surface area contributed by atoms with Gasteiger partial charge < -0.3 is 10.1 Å². The van der Waals surface area contributed by atoms with Crippen molar-refractivity contribution in [1.29, 1.82) is 0 Å². The van der Waals surface area contributed by atoms with Gasteiger partial charge in [0.15, 0.2) is 0 Å². The van der Waals surface area contributed by atoms with Crippen molar-refractivity contribution in [3.05, 3.63) is 82.8 Å². The first-order valence-electron chi connectivity index (χ1n) is 12.2. The van der Waals surface area contributed by atoms with Gasteiger partial charge in [0.2, 0.25) is 0 Å². The number of ether oxygens (including phenoxy) is 1. The van der Waals surface area contributed by atoms with E-state index in [0.717, 1.165) is 38.1 Å². The Labute approximate surface area is 227 Å². The van der Waals surface area contributed by atoms with Gasteiger partial charge in [-0.15, -0.1) is 5.10 Å². The Balaban J connectivity index is 1.40. The van der Waals surface area contributed by atoms with Crippen LogP contribution >= 0.6 is 11.6 Å². The van der Waals surface area contributed by atoms with E-state index in [1.54, 1.807) is 30.7 Å². The molecule has 0 bridgehead atoms. The van der Waals surface area contributed by atoms with Gasteiger partial charge in [-0.3, -0.25) is 14.7 Å². The molecule has 1 fully saturated rings. The predicted molar refractivity (Wildman–Crippen MR) is 140 cm³/mol. The summed E-state index contributed by atoms with van der Waals surface area (Å²) in [6.45, 7) is 2.06. The van der Waals surface area contributed by atoms with Crippen LogP contribution in [-0.2, 0) is 12.7 Å². The van der Waals surface area contributed by atoms with Crippen LogP contribution in [-0.4, -0.2) is 51.0 Å². The number of carbonyl (C=O) groups is 1. The van der Waals surface area contributed by atoms with Gasteiger partial charge in [0.25, 0.3) is 5.91 Å². The minimum atomic E-state index is -4.54. The van der Waals surface area contributed by atoms with Crippen molar-refractivity contribution in [1.82, 2.24) is 24.9 Å². The van der Waals surface area contributed by atoms with Crippen molar-refractivity contribution in [2.75, 3.05) is 25.5 Å². The summed E-state index contributed by atoms with van der Waals surface area (Å²) in [6.07, 6.45) is 2.28. The van der Waals surface area contributed by atoms with Crippen molar-refractivity contribution in [2.24, 2.45) is 0 Å². The molecule has 0 saturated carbocycles. The highest BCUT2D eigenvalue weighted by Gasteiger charge is 2.31. The molecule has 12 heteroatoms. The lowest BCUT2D eigenvalue weighted by Crippen LogP contribution is -2.20. The lowest BCUT2D eigenvalue weighted by molar-refractivity contribution is -0.137. The fourth-order valence-corrected chi connectivity index (χ4v) is 4.64. The molecule has 5 rings (SSSR count). The molecule has 0 unspecified atom stereocenters. The van der Waals surface area contributed by atoms with Crippen LogP contribution in [0, 0.1) is 0 Å². The standard InChI is InChI=1S/C27H24ClF3N6O2/c1-39-22-10-19(13-32-14-22)24-16-37(35-34-24)25-11-18(4-5-23(25)28)26(38)33-21-9-17(15-36-6-2-3-7-36)8-20(12-21)27(29,30)31/h4-5,8-14,16H,2-3,6-7,15H2,1H3,(H,33,38). The molecule has 0 aliphatic carbocycles. The summed E-state index contributed by atoms with van der Waals surface area (Å²) >= 11 is 6.39. The zero-order valence-electron chi connectivity index (χ0n) is 20.9. The second kappa shape index (κ2) is 11.0. The quantitative estimate of drug-likeness (QED) is 0.307. The monoisotopic (exact) mass is 556 g/mol. The number of amides is 1. The van der Waals surface area contributed by atoms with Crippen molar-refractivity contribution >= 4 is 23.2 Å². The fourth-order valence-electron chi connectivity index (χ4n) is 4.44. The van der Waals surface area contributed by atoms with E-state index in [9.17, 15) is 18.0 Å². The Kier molecular flexibility index (Phi) is 7.53. The summed E-state index contributed by atoms with van der Waals surface area (Å²) in [7, 11) is 1.53. The number of nitrogens with one attached hydrogen (secondary N) is 1. The minimum Gasteiger partial charge on any atom is -0.495 e. The number of hydrogen-bond acceptors (Lipinski definition) is 6. The number of nitrogens with zero attached hydrogens (tertiary/aromatic N) is 5. The third kappa shape index (κ3) is 6.21. The predicted octanol–water partition coefficient (Wildman–Crippen LogP) is 5.86. The normalized spacial score (nSPS) is 14.0. The first kappa shape index (κ1) is 26.6. The van der Waals surface area contributed by atoms with Crippen LogP contribution in [0.3, 0.4) is 0 Å². The SMILES string of the molecule is COc1cncc(-c2cn(-c3cc(C(=O)Nc4cc(CN5CCCC5)cc(C(F)(F)F)c4)ccc3Cl)nn2)c1. The van der Waals surface area contributed by atoms with Gasteiger partial charge in [0.05, 0.1) is 35.8 Å². The van der Waals surface area contributed by atoms with Crippen LogP contribution < -0.4 is 10.1 Å². The van der Waals surface area contributed by atoms with Crippen molar-refractivity contribution < 1.29 is 22.7 Å². The highest BCUT2D eigenvalue weighted by Crippen LogP contribution is 2.33. The number of hydrogen-bond donors (Lipinski definition) is 1. The molecule has 0 atom stereocenters. The fraction of sp³-hybridized carbons (Fsp3) is 0.259. The van der Waals surface area contributed by atoms with Crippen LogP contribution in [0.25, 0.3) is 16.9 Å². The highest BCUT2D eigenvalue weighted by molar-refractivity contribution is 6.32. The number of alkyl halides is 3. The lowest BCUT2D eigenvalue weighted by Gasteiger charge is -2.18. The van der Waals surface area contributed by atoms with Crippen LogP contribution in [0.1, 0.15) is 34.3 Å². The van der Waals surface area contributed by atoms with E-state index < -0.39 is 17.6 Å². The molecule has 4 aromatic rings. The zero-order valence-corrected chi connectivity index (χ0v) is 21.6. The summed E-state index contributed by atoms with van der Waals surface area (Å²) in [4.78, 5) is 19.3. The van der Waals surface area contributed by atoms with E-state index in [1.807, 2.05) is 0 Å². The van der Waals surface area contributed by atoms with Crippen molar-refractivity contribution in [3.63, 3.8) is 0 Å². The molecule has 39 heavy (non-hydrogen) atoms. The third-order valence-electron chi connectivity index (χ3n) is 6.38. The van der Waals surface area contributed by atoms with Gasteiger partial charge in [0.1, 0.15) is 11.4 Å². The minimum absolute atomic E-state index is 0.0640. The largest absolute Gasteiger partial charge is 0.495 e. The molecule has 0 radical (unpaired) electrons. The summed E-state index contributed by atoms with van der Waals surface area (Å²) in [6, 6.07) is 9.91. The number of likely N-dealkylation sites (tertiary alicyclic amines) is 1. The second-order valence-electron chi connectivity index (χ2n) is 9.18. The molecular formula is C27H24ClF3N6O2. The number of anilines is 1. The molecule has 202 valence electrons. The average Bonchev–Trinajstić information content (AvgIpc) is 3.61. The maximum absolute atomic E-state index is 13.6. The third-order valence-corrected chi connectivity index (χ3v) is 6.70. The van der Waals surface area contributed by atoms with Crippen LogP contribution in [0.15, 0.2) is 61.1 Å². The number of aromatic nitrogens is 4. The van der Waals surface area contributed by atoms with Gasteiger partial charge in [-0.25, -0.2) is 4.68 Å². The van der Waals surface area contributed by atoms with Crippen molar-refractivity contribution in [2.45, 2.75) is 25.6 Å². The highest BCUT2D eigenvalue weighted by atomic mass is 35.5. The summed E-state index contributed by atoms with van der Waals surface area (Å²) < 4.78 is 47.4. The first-order valence-corrected chi connectivity index (χ1v) is 12.5. The van der Waals surface area contributed by atoms with E-state index in [2.05, 4.69) is 25.5 Å². The number of halogens is 4. The maximum Gasteiger partial charge on any atom is 0.416 e. The molecule has 2 aromatic carbocycles. The first-order chi connectivity index (χ1) is 18.7. The average molecular weight is 557 g/mol. The smallest absolute Gasteiger partial charge is 0.416 e. The molecule has 1 N–H and O–H groups in total. The van der Waals surface area contributed by atoms with Crippen LogP contribution in [0.5, 0.6) is 5.75 Å². The molecule has 2 aromatic heterocycles. The molecule has 1 aliphatic rings. The number of rotatable bonds is 7. The van der Waals surface area contributed by atoms with Crippen LogP contribution in [0.2, 0.25) is 5.02 Å². The zero-order chi connectivity index (χ0) is 27.6. The number of methoxy groups -OCH3 is 1. The van der Waals surface area contributed by atoms with E-state index in [1.165, 1.54) is 30.0 Å². The molecule has 8 nitrogen and oxygen atoms in total. The topological polar surface area (TPSA) is 85.2 Å². The number of benzene rings is 2. The molecule has 1 amide bonds. The lowest BCUT2D eigenvalue weighted by atomic mass is 10.1. The second-order valence-corrected chi connectivity index (χ2v) is 9.59. The van der Waals surface area contributed by atoms with Gasteiger partial charge in [-0.1, -0.05) is 16.8 Å². The number of pyridine rings is 1. The van der Waals surface area contributed by atoms with Gasteiger partial charge in [-0.05, 0) is 74.0 Å². The molecular weight excluding hydrogens is 533 g/mol. The molecule has 3 heterocycles. The van der Waals surface area contributed by atoms with Gasteiger partial charge in [0, 0.05) is 29.6 Å². The number of carbonyl (C=O) groups excluding carboxylic acids is 1. The van der Waals surface area contributed by atoms with E-state index in [0.29, 0.717) is 39.8 Å². The summed E-state index contributed by atoms with van der Waals surface area (Å²) in [5.41, 5.74) is 1.47. The molecule has 0 spiro atoms. The van der Waals surface area contributed by atoms with Crippen LogP contribution in [0.4, 0.5) is 18.9 Å². The Morgan fingerprint density at radius 1 is 1.10 bits per heavy atom. The summed E-state index contributed by atoms with van der Waals surface area (Å²) in [5.74, 6) is -0.0337. The van der Waals surface area contributed by atoms with Gasteiger partial charge in [-0.2, -0.15) is 13.2 Å². The Morgan fingerprint density at radius 3 is 2.64 bits per heavy atom. The Bertz CT molecular complexity index is 1500. The van der Waals surface area contributed by atoms with Crippen molar-refractivity contribution in [3.8, 4) is 22.7 Å². The van der Waals surface area contributed by atoms with Gasteiger partial charge >= 0.3 is 6.18 Å². The van der Waals surface area contributed by atoms with E-state index in [-0.39, 0.29) is 11.3 Å². The van der Waals surface area contributed by atoms with E-state index >= 15 is 0 Å². The maximum atomic E-state index is 13.6. The Hall–Kier alpha value is -3.96. The summed E-state index contributed by atoms with van der Waals surface area (Å²) in [5, 5.41) is 11.2. The molecule has 1 aliphatic heterocycles.